The number of amides is 1. The van der Waals surface area contributed by atoms with E-state index in [0.29, 0.717) is 23.8 Å². The molecule has 0 fully saturated rings. The van der Waals surface area contributed by atoms with Gasteiger partial charge in [0, 0.05) is 0 Å². The van der Waals surface area contributed by atoms with E-state index in [2.05, 4.69) is 5.32 Å². The number of hydrogen-bond donors (Lipinski definition) is 1. The first-order chi connectivity index (χ1) is 13.7. The lowest BCUT2D eigenvalue weighted by molar-refractivity contribution is -0.120. The zero-order valence-corrected chi connectivity index (χ0v) is 18.0. The number of benzene rings is 2. The Balaban J connectivity index is 2.02. The van der Waals surface area contributed by atoms with Crippen molar-refractivity contribution in [3.05, 3.63) is 54.1 Å². The molecule has 0 aliphatic rings. The molecule has 7 nitrogen and oxygen atoms in total. The van der Waals surface area contributed by atoms with E-state index < -0.39 is 15.9 Å². The molecule has 0 bridgehead atoms. The van der Waals surface area contributed by atoms with Crippen molar-refractivity contribution in [1.29, 1.82) is 0 Å². The highest BCUT2D eigenvalue weighted by atomic mass is 32.2. The van der Waals surface area contributed by atoms with E-state index in [1.54, 1.807) is 31.2 Å². The topological polar surface area (TPSA) is 84.9 Å². The van der Waals surface area contributed by atoms with Crippen LogP contribution in [0.2, 0.25) is 0 Å². The van der Waals surface area contributed by atoms with E-state index in [1.807, 2.05) is 38.1 Å². The van der Waals surface area contributed by atoms with Gasteiger partial charge in [0.15, 0.2) is 0 Å². The van der Waals surface area contributed by atoms with Crippen molar-refractivity contribution < 1.29 is 22.7 Å². The van der Waals surface area contributed by atoms with Crippen LogP contribution in [0.3, 0.4) is 0 Å². The molecule has 158 valence electrons. The van der Waals surface area contributed by atoms with Crippen LogP contribution in [0.5, 0.6) is 11.5 Å². The summed E-state index contributed by atoms with van der Waals surface area (Å²) in [5.74, 6) is 0.686. The van der Waals surface area contributed by atoms with Gasteiger partial charge in [-0.05, 0) is 45.0 Å². The van der Waals surface area contributed by atoms with E-state index in [-0.39, 0.29) is 19.2 Å². The van der Waals surface area contributed by atoms with Gasteiger partial charge in [-0.25, -0.2) is 8.42 Å². The van der Waals surface area contributed by atoms with Gasteiger partial charge in [-0.3, -0.25) is 9.10 Å². The predicted molar refractivity (Wildman–Crippen MR) is 114 cm³/mol. The minimum atomic E-state index is -3.69. The Morgan fingerprint density at radius 2 is 1.76 bits per heavy atom. The van der Waals surface area contributed by atoms with Crippen molar-refractivity contribution in [3.63, 3.8) is 0 Å². The third-order valence-electron chi connectivity index (χ3n) is 4.05. The van der Waals surface area contributed by atoms with Gasteiger partial charge in [0.25, 0.3) is 0 Å². The first kappa shape index (κ1) is 22.5. The SMILES string of the molecule is CCOc1ccccc1N(CC(=O)NC(C)COc1ccc(C)cc1)S(C)(=O)=O. The molecular weight excluding hydrogens is 392 g/mol. The molecule has 2 aromatic carbocycles. The fourth-order valence-corrected chi connectivity index (χ4v) is 3.53. The highest BCUT2D eigenvalue weighted by molar-refractivity contribution is 7.92. The van der Waals surface area contributed by atoms with Crippen LogP contribution >= 0.6 is 0 Å². The lowest BCUT2D eigenvalue weighted by Crippen LogP contribution is -2.45. The van der Waals surface area contributed by atoms with Crippen LogP contribution in [0.15, 0.2) is 48.5 Å². The second-order valence-corrected chi connectivity index (χ2v) is 8.67. The maximum Gasteiger partial charge on any atom is 0.241 e. The first-order valence-electron chi connectivity index (χ1n) is 9.39. The third-order valence-corrected chi connectivity index (χ3v) is 5.18. The van der Waals surface area contributed by atoms with Crippen LogP contribution in [-0.4, -0.2) is 46.4 Å². The monoisotopic (exact) mass is 420 g/mol. The minimum Gasteiger partial charge on any atom is -0.492 e. The number of carbonyl (C=O) groups excluding carboxylic acids is 1. The van der Waals surface area contributed by atoms with Gasteiger partial charge in [0.05, 0.1) is 24.6 Å². The molecule has 0 heterocycles. The Morgan fingerprint density at radius 1 is 1.10 bits per heavy atom. The summed E-state index contributed by atoms with van der Waals surface area (Å²) in [5, 5.41) is 2.77. The van der Waals surface area contributed by atoms with Gasteiger partial charge in [0.2, 0.25) is 15.9 Å². The maximum absolute atomic E-state index is 12.5. The molecule has 0 radical (unpaired) electrons. The Labute approximate surface area is 172 Å². The largest absolute Gasteiger partial charge is 0.492 e. The summed E-state index contributed by atoms with van der Waals surface area (Å²) in [7, 11) is -3.69. The second kappa shape index (κ2) is 10.2. The number of aryl methyl sites for hydroxylation is 1. The lowest BCUT2D eigenvalue weighted by atomic mass is 10.2. The Morgan fingerprint density at radius 3 is 2.38 bits per heavy atom. The zero-order chi connectivity index (χ0) is 21.4. The fraction of sp³-hybridized carbons (Fsp3) is 0.381. The molecular formula is C21H28N2O5S. The summed E-state index contributed by atoms with van der Waals surface area (Å²) in [5.41, 5.74) is 1.46. The van der Waals surface area contributed by atoms with E-state index in [1.165, 1.54) is 0 Å². The van der Waals surface area contributed by atoms with Crippen LogP contribution < -0.4 is 19.1 Å². The lowest BCUT2D eigenvalue weighted by Gasteiger charge is -2.25. The Hall–Kier alpha value is -2.74. The van der Waals surface area contributed by atoms with Crippen LogP contribution in [0.1, 0.15) is 19.4 Å². The quantitative estimate of drug-likeness (QED) is 0.639. The molecule has 8 heteroatoms. The van der Waals surface area contributed by atoms with Crippen LogP contribution in [0.25, 0.3) is 0 Å². The zero-order valence-electron chi connectivity index (χ0n) is 17.2. The minimum absolute atomic E-state index is 0.267. The molecule has 1 N–H and O–H groups in total. The molecule has 1 unspecified atom stereocenters. The maximum atomic E-state index is 12.5. The molecule has 0 aliphatic carbocycles. The number of para-hydroxylation sites is 2. The number of nitrogens with one attached hydrogen (secondary N) is 1. The standard InChI is InChI=1S/C21H28N2O5S/c1-5-27-20-9-7-6-8-19(20)23(29(4,25)26)14-21(24)22-17(3)15-28-18-12-10-16(2)11-13-18/h6-13,17H,5,14-15H2,1-4H3,(H,22,24). The highest BCUT2D eigenvalue weighted by Crippen LogP contribution is 2.29. The normalized spacial score (nSPS) is 12.1. The van der Waals surface area contributed by atoms with E-state index >= 15 is 0 Å². The molecule has 0 saturated heterocycles. The summed E-state index contributed by atoms with van der Waals surface area (Å²) in [6.07, 6.45) is 1.06. The Bertz CT molecular complexity index is 913. The summed E-state index contributed by atoms with van der Waals surface area (Å²) in [6, 6.07) is 14.0. The number of rotatable bonds is 10. The molecule has 1 atom stereocenters. The summed E-state index contributed by atoms with van der Waals surface area (Å²) >= 11 is 0. The van der Waals surface area contributed by atoms with Crippen molar-refractivity contribution in [2.45, 2.75) is 26.8 Å². The van der Waals surface area contributed by atoms with Gasteiger partial charge in [-0.1, -0.05) is 29.8 Å². The summed E-state index contributed by atoms with van der Waals surface area (Å²) in [4.78, 5) is 12.5. The molecule has 0 aromatic heterocycles. The number of anilines is 1. The van der Waals surface area contributed by atoms with E-state index in [0.717, 1.165) is 16.1 Å². The molecule has 0 spiro atoms. The average molecular weight is 421 g/mol. The Kier molecular flexibility index (Phi) is 7.90. The number of carbonyl (C=O) groups is 1. The summed E-state index contributed by atoms with van der Waals surface area (Å²) < 4.78 is 36.8. The molecule has 29 heavy (non-hydrogen) atoms. The van der Waals surface area contributed by atoms with E-state index in [4.69, 9.17) is 9.47 Å². The van der Waals surface area contributed by atoms with Crippen molar-refractivity contribution in [2.75, 3.05) is 30.3 Å². The van der Waals surface area contributed by atoms with Gasteiger partial charge >= 0.3 is 0 Å². The molecule has 0 saturated carbocycles. The van der Waals surface area contributed by atoms with Crippen molar-refractivity contribution in [3.8, 4) is 11.5 Å². The summed E-state index contributed by atoms with van der Waals surface area (Å²) in [6.45, 7) is 5.90. The van der Waals surface area contributed by atoms with Crippen LogP contribution in [-0.2, 0) is 14.8 Å². The van der Waals surface area contributed by atoms with E-state index in [9.17, 15) is 13.2 Å². The van der Waals surface area contributed by atoms with Gasteiger partial charge in [0.1, 0.15) is 24.7 Å². The number of nitrogens with zero attached hydrogens (tertiary/aromatic N) is 1. The number of sulfonamides is 1. The van der Waals surface area contributed by atoms with Crippen molar-refractivity contribution in [1.82, 2.24) is 5.32 Å². The molecule has 2 aromatic rings. The van der Waals surface area contributed by atoms with Crippen molar-refractivity contribution >= 4 is 21.6 Å². The fourth-order valence-electron chi connectivity index (χ4n) is 2.67. The predicted octanol–water partition coefficient (Wildman–Crippen LogP) is 2.74. The molecule has 1 amide bonds. The van der Waals surface area contributed by atoms with Gasteiger partial charge in [-0.15, -0.1) is 0 Å². The highest BCUT2D eigenvalue weighted by Gasteiger charge is 2.24. The molecule has 0 aliphatic heterocycles. The average Bonchev–Trinajstić information content (AvgIpc) is 2.66. The van der Waals surface area contributed by atoms with Crippen LogP contribution in [0, 0.1) is 6.92 Å². The number of hydrogen-bond acceptors (Lipinski definition) is 5. The molecule has 2 rings (SSSR count). The van der Waals surface area contributed by atoms with Gasteiger partial charge in [-0.2, -0.15) is 0 Å². The van der Waals surface area contributed by atoms with Crippen molar-refractivity contribution in [2.24, 2.45) is 0 Å². The van der Waals surface area contributed by atoms with Gasteiger partial charge < -0.3 is 14.8 Å². The third kappa shape index (κ3) is 6.98. The number of ether oxygens (including phenoxy) is 2. The first-order valence-corrected chi connectivity index (χ1v) is 11.2. The second-order valence-electron chi connectivity index (χ2n) is 6.76. The van der Waals surface area contributed by atoms with Crippen LogP contribution in [0.4, 0.5) is 5.69 Å². The smallest absolute Gasteiger partial charge is 0.241 e.